The molecule has 1 rings (SSSR count). The fraction of sp³-hybridized carbons (Fsp3) is 0.556. The van der Waals surface area contributed by atoms with Crippen LogP contribution in [0.4, 0.5) is 0 Å². The van der Waals surface area contributed by atoms with Crippen molar-refractivity contribution in [1.82, 2.24) is 10.2 Å². The van der Waals surface area contributed by atoms with E-state index in [0.717, 1.165) is 5.56 Å². The molecule has 0 aliphatic heterocycles. The second-order valence-electron chi connectivity index (χ2n) is 6.35. The maximum absolute atomic E-state index is 12.3. The van der Waals surface area contributed by atoms with Gasteiger partial charge in [-0.15, -0.1) is 0 Å². The molecule has 0 fully saturated rings. The van der Waals surface area contributed by atoms with Crippen LogP contribution in [-0.4, -0.2) is 51.1 Å². The Morgan fingerprint density at radius 2 is 1.75 bits per heavy atom. The molecule has 6 nitrogen and oxygen atoms in total. The van der Waals surface area contributed by atoms with Crippen molar-refractivity contribution in [2.45, 2.75) is 32.7 Å². The summed E-state index contributed by atoms with van der Waals surface area (Å²) >= 11 is 0. The Kier molecular flexibility index (Phi) is 7.55. The first-order chi connectivity index (χ1) is 11.3. The summed E-state index contributed by atoms with van der Waals surface area (Å²) in [5.74, 6) is 1.21. The highest BCUT2D eigenvalue weighted by atomic mass is 16.5. The van der Waals surface area contributed by atoms with E-state index in [1.54, 1.807) is 40.4 Å². The van der Waals surface area contributed by atoms with Crippen LogP contribution in [-0.2, 0) is 16.0 Å². The van der Waals surface area contributed by atoms with E-state index in [0.29, 0.717) is 23.8 Å². The molecule has 0 spiro atoms. The smallest absolute Gasteiger partial charge is 0.244 e. The zero-order valence-corrected chi connectivity index (χ0v) is 15.4. The largest absolute Gasteiger partial charge is 0.493 e. The highest BCUT2D eigenvalue weighted by molar-refractivity contribution is 5.88. The van der Waals surface area contributed by atoms with Crippen molar-refractivity contribution < 1.29 is 19.1 Å². The first kappa shape index (κ1) is 19.8. The lowest BCUT2D eigenvalue weighted by Crippen LogP contribution is -2.47. The zero-order chi connectivity index (χ0) is 18.3. The standard InChI is InChI=1S/C18H28N2O4/c1-12(2)9-14(18(22)20(3)4)19-17(21)11-13-7-8-15(23-5)16(10-13)24-6/h7-8,10,12,14H,9,11H2,1-6H3,(H,19,21)/t14-/m1/s1. The average molecular weight is 336 g/mol. The third kappa shape index (κ3) is 5.76. The predicted molar refractivity (Wildman–Crippen MR) is 93.3 cm³/mol. The predicted octanol–water partition coefficient (Wildman–Crippen LogP) is 1.87. The molecule has 0 unspecified atom stereocenters. The minimum Gasteiger partial charge on any atom is -0.493 e. The monoisotopic (exact) mass is 336 g/mol. The zero-order valence-electron chi connectivity index (χ0n) is 15.4. The number of rotatable bonds is 8. The minimum absolute atomic E-state index is 0.0932. The molecule has 0 aliphatic rings. The Balaban J connectivity index is 2.80. The van der Waals surface area contributed by atoms with Gasteiger partial charge in [-0.2, -0.15) is 0 Å². The molecule has 1 aromatic carbocycles. The van der Waals surface area contributed by atoms with Crippen molar-refractivity contribution in [2.24, 2.45) is 5.92 Å². The molecule has 134 valence electrons. The van der Waals surface area contributed by atoms with Gasteiger partial charge in [0, 0.05) is 14.1 Å². The van der Waals surface area contributed by atoms with E-state index in [-0.39, 0.29) is 18.2 Å². The number of carbonyl (C=O) groups is 2. The molecule has 0 aliphatic carbocycles. The second kappa shape index (κ2) is 9.15. The van der Waals surface area contributed by atoms with Gasteiger partial charge in [-0.1, -0.05) is 19.9 Å². The summed E-state index contributed by atoms with van der Waals surface area (Å²) in [6, 6.07) is 4.83. The summed E-state index contributed by atoms with van der Waals surface area (Å²) < 4.78 is 10.4. The Bertz CT molecular complexity index is 570. The van der Waals surface area contributed by atoms with Gasteiger partial charge in [-0.3, -0.25) is 9.59 Å². The first-order valence-electron chi connectivity index (χ1n) is 7.99. The van der Waals surface area contributed by atoms with Crippen molar-refractivity contribution in [3.8, 4) is 11.5 Å². The van der Waals surface area contributed by atoms with E-state index in [9.17, 15) is 9.59 Å². The molecule has 1 atom stereocenters. The molecule has 1 aromatic rings. The van der Waals surface area contributed by atoms with Gasteiger partial charge < -0.3 is 19.7 Å². The fourth-order valence-electron chi connectivity index (χ4n) is 2.43. The number of nitrogens with zero attached hydrogens (tertiary/aromatic N) is 1. The minimum atomic E-state index is -0.507. The van der Waals surface area contributed by atoms with Crippen molar-refractivity contribution >= 4 is 11.8 Å². The van der Waals surface area contributed by atoms with Crippen molar-refractivity contribution in [1.29, 1.82) is 0 Å². The van der Waals surface area contributed by atoms with Gasteiger partial charge in [0.2, 0.25) is 11.8 Å². The van der Waals surface area contributed by atoms with Gasteiger partial charge in [0.25, 0.3) is 0 Å². The molecule has 0 aromatic heterocycles. The molecule has 0 saturated carbocycles. The summed E-state index contributed by atoms with van der Waals surface area (Å²) in [5.41, 5.74) is 0.797. The summed E-state index contributed by atoms with van der Waals surface area (Å²) in [6.07, 6.45) is 0.782. The summed E-state index contributed by atoms with van der Waals surface area (Å²) in [5, 5.41) is 2.84. The number of nitrogens with one attached hydrogen (secondary N) is 1. The molecule has 6 heteroatoms. The lowest BCUT2D eigenvalue weighted by molar-refractivity contribution is -0.134. The summed E-state index contributed by atoms with van der Waals surface area (Å²) in [7, 11) is 6.50. The number of hydrogen-bond donors (Lipinski definition) is 1. The summed E-state index contributed by atoms with van der Waals surface area (Å²) in [6.45, 7) is 4.05. The van der Waals surface area contributed by atoms with Crippen LogP contribution in [0.1, 0.15) is 25.8 Å². The quantitative estimate of drug-likeness (QED) is 0.787. The third-order valence-electron chi connectivity index (χ3n) is 3.59. The Morgan fingerprint density at radius 1 is 1.12 bits per heavy atom. The normalized spacial score (nSPS) is 11.8. The molecule has 2 amide bonds. The van der Waals surface area contributed by atoms with Gasteiger partial charge in [0.15, 0.2) is 11.5 Å². The van der Waals surface area contributed by atoms with Gasteiger partial charge >= 0.3 is 0 Å². The van der Waals surface area contributed by atoms with Crippen LogP contribution in [0.2, 0.25) is 0 Å². The number of benzene rings is 1. The Morgan fingerprint density at radius 3 is 2.25 bits per heavy atom. The van der Waals surface area contributed by atoms with Crippen LogP contribution in [0.3, 0.4) is 0 Å². The van der Waals surface area contributed by atoms with E-state index in [2.05, 4.69) is 5.32 Å². The van der Waals surface area contributed by atoms with Crippen molar-refractivity contribution in [3.05, 3.63) is 23.8 Å². The molecular weight excluding hydrogens is 308 g/mol. The second-order valence-corrected chi connectivity index (χ2v) is 6.35. The van der Waals surface area contributed by atoms with Crippen LogP contribution in [0.5, 0.6) is 11.5 Å². The first-order valence-corrected chi connectivity index (χ1v) is 7.99. The fourth-order valence-corrected chi connectivity index (χ4v) is 2.43. The molecule has 0 saturated heterocycles. The Labute approximate surface area is 144 Å². The van der Waals surface area contributed by atoms with Crippen molar-refractivity contribution in [2.75, 3.05) is 28.3 Å². The molecule has 24 heavy (non-hydrogen) atoms. The topological polar surface area (TPSA) is 67.9 Å². The molecule has 0 bridgehead atoms. The number of likely N-dealkylation sites (N-methyl/N-ethyl adjacent to an activating group) is 1. The van der Waals surface area contributed by atoms with Crippen LogP contribution in [0.25, 0.3) is 0 Å². The number of hydrogen-bond acceptors (Lipinski definition) is 4. The van der Waals surface area contributed by atoms with Gasteiger partial charge in [0.05, 0.1) is 20.6 Å². The lowest BCUT2D eigenvalue weighted by atomic mass is 10.0. The highest BCUT2D eigenvalue weighted by Crippen LogP contribution is 2.27. The van der Waals surface area contributed by atoms with Crippen LogP contribution < -0.4 is 14.8 Å². The van der Waals surface area contributed by atoms with Crippen molar-refractivity contribution in [3.63, 3.8) is 0 Å². The molecule has 0 heterocycles. The number of ether oxygens (including phenoxy) is 2. The molecule has 1 N–H and O–H groups in total. The van der Waals surface area contributed by atoms with Gasteiger partial charge in [0.1, 0.15) is 6.04 Å². The van der Waals surface area contributed by atoms with Crippen LogP contribution in [0, 0.1) is 5.92 Å². The van der Waals surface area contributed by atoms with E-state index in [4.69, 9.17) is 9.47 Å². The SMILES string of the molecule is COc1ccc(CC(=O)N[C@H](CC(C)C)C(=O)N(C)C)cc1OC. The van der Waals surface area contributed by atoms with Gasteiger partial charge in [-0.05, 0) is 30.0 Å². The third-order valence-corrected chi connectivity index (χ3v) is 3.59. The van der Waals surface area contributed by atoms with E-state index in [1.165, 1.54) is 4.90 Å². The van der Waals surface area contributed by atoms with Gasteiger partial charge in [-0.25, -0.2) is 0 Å². The van der Waals surface area contributed by atoms with Crippen LogP contribution >= 0.6 is 0 Å². The van der Waals surface area contributed by atoms with E-state index < -0.39 is 6.04 Å². The molecule has 0 radical (unpaired) electrons. The maximum atomic E-state index is 12.3. The maximum Gasteiger partial charge on any atom is 0.244 e. The number of methoxy groups -OCH3 is 2. The number of amides is 2. The number of carbonyl (C=O) groups excluding carboxylic acids is 2. The van der Waals surface area contributed by atoms with Crippen LogP contribution in [0.15, 0.2) is 18.2 Å². The molecular formula is C18H28N2O4. The highest BCUT2D eigenvalue weighted by Gasteiger charge is 2.23. The van der Waals surface area contributed by atoms with E-state index in [1.807, 2.05) is 19.9 Å². The summed E-state index contributed by atoms with van der Waals surface area (Å²) in [4.78, 5) is 26.1. The lowest BCUT2D eigenvalue weighted by Gasteiger charge is -2.23. The average Bonchev–Trinajstić information content (AvgIpc) is 2.52. The Hall–Kier alpha value is -2.24. The van der Waals surface area contributed by atoms with E-state index >= 15 is 0 Å².